The van der Waals surface area contributed by atoms with E-state index in [0.29, 0.717) is 0 Å². The third-order valence-electron chi connectivity index (χ3n) is 7.89. The Balaban J connectivity index is 1.88. The monoisotopic (exact) mass is 447 g/mol. The molecule has 0 bridgehead atoms. The van der Waals surface area contributed by atoms with Crippen LogP contribution in [0.25, 0.3) is 0 Å². The van der Waals surface area contributed by atoms with Gasteiger partial charge in [-0.25, -0.2) is 27.4 Å². The lowest BCUT2D eigenvalue weighted by molar-refractivity contribution is -0.677. The van der Waals surface area contributed by atoms with Crippen LogP contribution in [-0.4, -0.2) is 13.7 Å². The summed E-state index contributed by atoms with van der Waals surface area (Å²) in [6.45, 7) is 16.2. The molecule has 33 heavy (non-hydrogen) atoms. The zero-order valence-corrected chi connectivity index (χ0v) is 21.8. The van der Waals surface area contributed by atoms with Crippen molar-refractivity contribution in [2.24, 2.45) is 21.1 Å². The fourth-order valence-electron chi connectivity index (χ4n) is 4.91. The van der Waals surface area contributed by atoms with Crippen LogP contribution in [0.4, 0.5) is 0 Å². The molecular formula is C27H39N6+3. The van der Waals surface area contributed by atoms with E-state index < -0.39 is 0 Å². The second-order valence-electron chi connectivity index (χ2n) is 9.56. The maximum atomic E-state index is 2.36. The van der Waals surface area contributed by atoms with Crippen molar-refractivity contribution in [3.63, 3.8) is 0 Å². The van der Waals surface area contributed by atoms with Crippen molar-refractivity contribution in [1.29, 1.82) is 0 Å². The summed E-state index contributed by atoms with van der Waals surface area (Å²) in [5.74, 6) is 3.79. The lowest BCUT2D eigenvalue weighted by atomic mass is 9.87. The van der Waals surface area contributed by atoms with E-state index in [1.165, 1.54) is 50.9 Å². The maximum Gasteiger partial charge on any atom is 0.253 e. The average molecular weight is 448 g/mol. The molecule has 0 unspecified atom stereocenters. The van der Waals surface area contributed by atoms with Crippen molar-refractivity contribution < 1.29 is 13.7 Å². The third kappa shape index (κ3) is 4.03. The highest BCUT2D eigenvalue weighted by Crippen LogP contribution is 2.30. The van der Waals surface area contributed by atoms with E-state index in [9.17, 15) is 0 Å². The Hall–Kier alpha value is -3.15. The molecule has 3 heterocycles. The van der Waals surface area contributed by atoms with Crippen LogP contribution in [0.2, 0.25) is 0 Å². The largest absolute Gasteiger partial charge is 0.253 e. The Bertz CT molecular complexity index is 1150. The summed E-state index contributed by atoms with van der Waals surface area (Å²) in [5, 5.41) is 0. The summed E-state index contributed by atoms with van der Waals surface area (Å²) in [6, 6.07) is 0. The fraction of sp³-hybridized carbons (Fsp3) is 0.444. The molecule has 4 aromatic rings. The van der Waals surface area contributed by atoms with E-state index in [-0.39, 0.29) is 0 Å². The van der Waals surface area contributed by atoms with Crippen LogP contribution in [0.15, 0.2) is 37.2 Å². The normalized spacial score (nSPS) is 11.5. The molecule has 174 valence electrons. The van der Waals surface area contributed by atoms with Gasteiger partial charge in [-0.15, -0.1) is 0 Å². The van der Waals surface area contributed by atoms with E-state index >= 15 is 0 Å². The molecule has 3 aromatic heterocycles. The standard InChI is InChI=1S/C27H39N6/c1-19-25(16-31-13-10-28(7)22(31)4)20(2)27(18-33-15-12-30(9)24(33)6)21(3)26(19)17-32-14-11-29(8)23(32)5/h10-15H,16-18H2,1-9H3/q+3. The van der Waals surface area contributed by atoms with E-state index in [2.05, 4.69) is 127 Å². The Morgan fingerprint density at radius 1 is 0.485 bits per heavy atom. The number of hydrogen-bond acceptors (Lipinski definition) is 0. The number of nitrogens with zero attached hydrogens (tertiary/aromatic N) is 6. The first-order valence-corrected chi connectivity index (χ1v) is 11.7. The van der Waals surface area contributed by atoms with Gasteiger partial charge in [0.15, 0.2) is 0 Å². The SMILES string of the molecule is Cc1c(Cn2cc[n+](C)c2C)c(C)c(Cn2cc[n+](C)c2C)c(C)c1Cn1cc[n+](C)c1C. The van der Waals surface area contributed by atoms with E-state index in [1.807, 2.05) is 0 Å². The van der Waals surface area contributed by atoms with Gasteiger partial charge in [-0.3, -0.25) is 0 Å². The molecule has 0 aliphatic carbocycles. The van der Waals surface area contributed by atoms with Crippen molar-refractivity contribution in [1.82, 2.24) is 13.7 Å². The molecule has 4 rings (SSSR count). The average Bonchev–Trinajstić information content (AvgIpc) is 3.39. The minimum atomic E-state index is 0.890. The maximum absolute atomic E-state index is 2.36. The lowest BCUT2D eigenvalue weighted by Gasteiger charge is -2.21. The van der Waals surface area contributed by atoms with E-state index in [0.717, 1.165) is 19.6 Å². The van der Waals surface area contributed by atoms with Crippen LogP contribution in [0.1, 0.15) is 50.9 Å². The van der Waals surface area contributed by atoms with Crippen molar-refractivity contribution in [2.45, 2.75) is 61.2 Å². The van der Waals surface area contributed by atoms with Crippen molar-refractivity contribution in [2.75, 3.05) is 0 Å². The quantitative estimate of drug-likeness (QED) is 0.406. The van der Waals surface area contributed by atoms with Gasteiger partial charge >= 0.3 is 0 Å². The Labute approximate surface area is 198 Å². The highest BCUT2D eigenvalue weighted by molar-refractivity contribution is 5.51. The number of hydrogen-bond donors (Lipinski definition) is 0. The number of aryl methyl sites for hydroxylation is 3. The number of aromatic nitrogens is 6. The van der Waals surface area contributed by atoms with Crippen LogP contribution in [0, 0.1) is 41.5 Å². The highest BCUT2D eigenvalue weighted by atomic mass is 15.1. The summed E-state index contributed by atoms with van der Waals surface area (Å²) >= 11 is 0. The molecule has 0 aliphatic rings. The molecule has 0 saturated carbocycles. The summed E-state index contributed by atoms with van der Waals surface area (Å²) < 4.78 is 13.6. The molecule has 0 fully saturated rings. The van der Waals surface area contributed by atoms with Gasteiger partial charge in [-0.2, -0.15) is 0 Å². The Morgan fingerprint density at radius 2 is 0.727 bits per heavy atom. The third-order valence-corrected chi connectivity index (χ3v) is 7.89. The van der Waals surface area contributed by atoms with E-state index in [1.54, 1.807) is 0 Å². The first-order chi connectivity index (χ1) is 15.6. The van der Waals surface area contributed by atoms with Crippen LogP contribution in [0.3, 0.4) is 0 Å². The lowest BCUT2D eigenvalue weighted by Crippen LogP contribution is -2.30. The molecule has 0 radical (unpaired) electrons. The molecule has 0 aliphatic heterocycles. The smallest absolute Gasteiger partial charge is 0.237 e. The molecule has 1 aromatic carbocycles. The van der Waals surface area contributed by atoms with Gasteiger partial charge in [0.25, 0.3) is 17.5 Å². The highest BCUT2D eigenvalue weighted by Gasteiger charge is 2.24. The van der Waals surface area contributed by atoms with Crippen molar-refractivity contribution in [3.05, 3.63) is 88.0 Å². The number of benzene rings is 1. The van der Waals surface area contributed by atoms with Crippen molar-refractivity contribution >= 4 is 0 Å². The van der Waals surface area contributed by atoms with Gasteiger partial charge in [0, 0.05) is 37.5 Å². The molecule has 6 heteroatoms. The Kier molecular flexibility index (Phi) is 6.04. The summed E-state index contributed by atoms with van der Waals surface area (Å²) in [5.41, 5.74) is 8.55. The van der Waals surface area contributed by atoms with Gasteiger partial charge in [0.1, 0.15) is 56.8 Å². The molecule has 0 spiro atoms. The van der Waals surface area contributed by atoms with Crippen molar-refractivity contribution in [3.8, 4) is 0 Å². The second kappa shape index (κ2) is 8.65. The van der Waals surface area contributed by atoms with E-state index in [4.69, 9.17) is 0 Å². The summed E-state index contributed by atoms with van der Waals surface area (Å²) in [7, 11) is 6.34. The predicted octanol–water partition coefficient (Wildman–Crippen LogP) is 2.56. The number of imidazole rings is 3. The molecular weight excluding hydrogens is 408 g/mol. The first-order valence-electron chi connectivity index (χ1n) is 11.7. The second-order valence-corrected chi connectivity index (χ2v) is 9.56. The molecule has 0 N–H and O–H groups in total. The molecule has 0 amide bonds. The van der Waals surface area contributed by atoms with Gasteiger partial charge < -0.3 is 0 Å². The number of rotatable bonds is 6. The van der Waals surface area contributed by atoms with Gasteiger partial charge in [0.05, 0.1) is 21.1 Å². The minimum Gasteiger partial charge on any atom is -0.237 e. The molecule has 0 saturated heterocycles. The minimum absolute atomic E-state index is 0.890. The van der Waals surface area contributed by atoms with Crippen LogP contribution in [-0.2, 0) is 40.8 Å². The molecule has 0 atom stereocenters. The van der Waals surface area contributed by atoms with Gasteiger partial charge in [-0.05, 0) is 37.5 Å². The van der Waals surface area contributed by atoms with Gasteiger partial charge in [0.2, 0.25) is 0 Å². The van der Waals surface area contributed by atoms with Crippen LogP contribution < -0.4 is 13.7 Å². The molecule has 6 nitrogen and oxygen atoms in total. The predicted molar refractivity (Wildman–Crippen MR) is 129 cm³/mol. The van der Waals surface area contributed by atoms with Crippen LogP contribution >= 0.6 is 0 Å². The first kappa shape index (κ1) is 23.0. The zero-order chi connectivity index (χ0) is 24.0. The summed E-state index contributed by atoms with van der Waals surface area (Å²) in [4.78, 5) is 0. The zero-order valence-electron chi connectivity index (χ0n) is 21.8. The van der Waals surface area contributed by atoms with Gasteiger partial charge in [-0.1, -0.05) is 0 Å². The summed E-state index contributed by atoms with van der Waals surface area (Å²) in [6.07, 6.45) is 13.0. The Morgan fingerprint density at radius 3 is 0.909 bits per heavy atom. The topological polar surface area (TPSA) is 26.4 Å². The fourth-order valence-corrected chi connectivity index (χ4v) is 4.91. The van der Waals surface area contributed by atoms with Crippen LogP contribution in [0.5, 0.6) is 0 Å².